The zero-order valence-corrected chi connectivity index (χ0v) is 12.1. The van der Waals surface area contributed by atoms with E-state index in [9.17, 15) is 9.59 Å². The van der Waals surface area contributed by atoms with E-state index in [1.165, 1.54) is 11.3 Å². The van der Waals surface area contributed by atoms with E-state index >= 15 is 0 Å². The average molecular weight is 302 g/mol. The molecule has 0 aliphatic heterocycles. The normalized spacial score (nSPS) is 13.6. The summed E-state index contributed by atoms with van der Waals surface area (Å²) in [6.45, 7) is 0.219. The van der Waals surface area contributed by atoms with Gasteiger partial charge in [-0.3, -0.25) is 10.1 Å². The first-order valence-electron chi connectivity index (χ1n) is 6.68. The Labute approximate surface area is 126 Å². The fourth-order valence-corrected chi connectivity index (χ4v) is 3.16. The van der Waals surface area contributed by atoms with Crippen molar-refractivity contribution >= 4 is 28.3 Å². The smallest absolute Gasteiger partial charge is 0.413 e. The summed E-state index contributed by atoms with van der Waals surface area (Å²) in [5.41, 5.74) is 1.84. The number of benzene rings is 1. The minimum Gasteiger partial charge on any atom is -0.444 e. The topological polar surface area (TPSA) is 68.3 Å². The number of Topliss-reactive ketones (excluding diaryl/α,β-unsaturated/α-hetero) is 1. The van der Waals surface area contributed by atoms with Gasteiger partial charge in [0.25, 0.3) is 0 Å². The summed E-state index contributed by atoms with van der Waals surface area (Å²) < 4.78 is 5.13. The van der Waals surface area contributed by atoms with E-state index in [1.54, 1.807) is 0 Å². The zero-order chi connectivity index (χ0) is 14.7. The van der Waals surface area contributed by atoms with Crippen molar-refractivity contribution in [2.75, 3.05) is 5.32 Å². The number of aryl methyl sites for hydroxylation is 1. The molecule has 6 heteroatoms. The highest BCUT2D eigenvalue weighted by atomic mass is 32.1. The number of hydrogen-bond donors (Lipinski definition) is 1. The van der Waals surface area contributed by atoms with Crippen LogP contribution in [-0.2, 0) is 29.0 Å². The molecule has 1 N–H and O–H groups in total. The summed E-state index contributed by atoms with van der Waals surface area (Å²) in [7, 11) is 0. The molecule has 1 aromatic carbocycles. The molecule has 0 unspecified atom stereocenters. The van der Waals surface area contributed by atoms with Crippen molar-refractivity contribution in [3.63, 3.8) is 0 Å². The van der Waals surface area contributed by atoms with Crippen molar-refractivity contribution in [1.29, 1.82) is 0 Å². The Kier molecular flexibility index (Phi) is 3.96. The minimum absolute atomic E-state index is 0.219. The quantitative estimate of drug-likeness (QED) is 0.946. The van der Waals surface area contributed by atoms with Gasteiger partial charge in [0.15, 0.2) is 5.13 Å². The van der Waals surface area contributed by atoms with Crippen molar-refractivity contribution < 1.29 is 14.3 Å². The molecule has 0 spiro atoms. The fourth-order valence-electron chi connectivity index (χ4n) is 2.14. The van der Waals surface area contributed by atoms with Gasteiger partial charge in [0.05, 0.1) is 5.69 Å². The van der Waals surface area contributed by atoms with E-state index in [0.717, 1.165) is 16.1 Å². The molecule has 0 radical (unpaired) electrons. The van der Waals surface area contributed by atoms with Gasteiger partial charge in [-0.25, -0.2) is 9.78 Å². The summed E-state index contributed by atoms with van der Waals surface area (Å²) in [5, 5.41) is 3.11. The van der Waals surface area contributed by atoms with Crippen LogP contribution in [0.2, 0.25) is 0 Å². The Morgan fingerprint density at radius 1 is 1.29 bits per heavy atom. The largest absolute Gasteiger partial charge is 0.444 e. The molecule has 1 amide bonds. The lowest BCUT2D eigenvalue weighted by Crippen LogP contribution is -2.13. The van der Waals surface area contributed by atoms with Gasteiger partial charge < -0.3 is 4.74 Å². The first-order valence-corrected chi connectivity index (χ1v) is 7.50. The molecule has 0 atom stereocenters. The van der Waals surface area contributed by atoms with Gasteiger partial charge in [0.2, 0.25) is 0 Å². The highest BCUT2D eigenvalue weighted by molar-refractivity contribution is 7.16. The molecule has 5 nitrogen and oxygen atoms in total. The first-order chi connectivity index (χ1) is 10.2. The maximum atomic E-state index is 11.7. The molecule has 2 aromatic rings. The van der Waals surface area contributed by atoms with Crippen LogP contribution in [0.3, 0.4) is 0 Å². The molecule has 1 aliphatic carbocycles. The maximum absolute atomic E-state index is 11.7. The van der Waals surface area contributed by atoms with E-state index < -0.39 is 6.09 Å². The molecule has 108 valence electrons. The molecule has 0 fully saturated rings. The molecule has 1 heterocycles. The molecule has 0 bridgehead atoms. The number of ketones is 1. The van der Waals surface area contributed by atoms with Crippen molar-refractivity contribution in [1.82, 2.24) is 4.98 Å². The van der Waals surface area contributed by atoms with Crippen molar-refractivity contribution in [3.05, 3.63) is 46.5 Å². The van der Waals surface area contributed by atoms with Crippen LogP contribution in [-0.4, -0.2) is 16.9 Å². The Hall–Kier alpha value is -2.21. The molecule has 1 aromatic heterocycles. The zero-order valence-electron chi connectivity index (χ0n) is 11.3. The first kappa shape index (κ1) is 13.8. The number of anilines is 1. The lowest BCUT2D eigenvalue weighted by atomic mass is 10.0. The van der Waals surface area contributed by atoms with Crippen LogP contribution < -0.4 is 5.32 Å². The third kappa shape index (κ3) is 3.46. The second kappa shape index (κ2) is 6.05. The van der Waals surface area contributed by atoms with Crippen molar-refractivity contribution in [2.24, 2.45) is 0 Å². The monoisotopic (exact) mass is 302 g/mol. The predicted octanol–water partition coefficient (Wildman–Crippen LogP) is 2.95. The number of thiazole rings is 1. The maximum Gasteiger partial charge on any atom is 0.413 e. The summed E-state index contributed by atoms with van der Waals surface area (Å²) in [4.78, 5) is 28.4. The minimum atomic E-state index is -0.531. The molecule has 0 saturated heterocycles. The van der Waals surface area contributed by atoms with Gasteiger partial charge in [-0.1, -0.05) is 30.3 Å². The van der Waals surface area contributed by atoms with Gasteiger partial charge in [-0.2, -0.15) is 0 Å². The van der Waals surface area contributed by atoms with Crippen LogP contribution in [0.15, 0.2) is 30.3 Å². The SMILES string of the molecule is O=C1CCc2nc(NC(=O)OCc3ccccc3)sc2C1. The molecular formula is C15H14N2O3S. The summed E-state index contributed by atoms with van der Waals surface area (Å²) >= 11 is 1.35. The fraction of sp³-hybridized carbons (Fsp3) is 0.267. The summed E-state index contributed by atoms with van der Waals surface area (Å²) in [5.74, 6) is 0.226. The number of carbonyl (C=O) groups is 2. The number of aromatic nitrogens is 1. The van der Waals surface area contributed by atoms with Crippen LogP contribution in [0, 0.1) is 0 Å². The van der Waals surface area contributed by atoms with Crippen LogP contribution in [0.5, 0.6) is 0 Å². The van der Waals surface area contributed by atoms with Crippen LogP contribution >= 0.6 is 11.3 Å². The molecule has 0 saturated carbocycles. The average Bonchev–Trinajstić information content (AvgIpc) is 2.87. The molecule has 1 aliphatic rings. The molecular weight excluding hydrogens is 288 g/mol. The third-order valence-corrected chi connectivity index (χ3v) is 4.21. The third-order valence-electron chi connectivity index (χ3n) is 3.20. The van der Waals surface area contributed by atoms with Gasteiger partial charge in [-0.15, -0.1) is 11.3 Å². The van der Waals surface area contributed by atoms with E-state index in [4.69, 9.17) is 4.74 Å². The van der Waals surface area contributed by atoms with Crippen LogP contribution in [0.4, 0.5) is 9.93 Å². The van der Waals surface area contributed by atoms with Crippen LogP contribution in [0.25, 0.3) is 0 Å². The summed E-state index contributed by atoms with van der Waals surface area (Å²) in [6, 6.07) is 9.47. The predicted molar refractivity (Wildman–Crippen MR) is 79.4 cm³/mol. The van der Waals surface area contributed by atoms with Crippen molar-refractivity contribution in [2.45, 2.75) is 25.9 Å². The second-order valence-electron chi connectivity index (χ2n) is 4.79. The Balaban J connectivity index is 1.57. The van der Waals surface area contributed by atoms with Gasteiger partial charge >= 0.3 is 6.09 Å². The second-order valence-corrected chi connectivity index (χ2v) is 5.87. The van der Waals surface area contributed by atoms with Gasteiger partial charge in [-0.05, 0) is 12.0 Å². The number of carbonyl (C=O) groups excluding carboxylic acids is 2. The van der Waals surface area contributed by atoms with E-state index in [1.807, 2.05) is 30.3 Å². The van der Waals surface area contributed by atoms with Crippen molar-refractivity contribution in [3.8, 4) is 0 Å². The van der Waals surface area contributed by atoms with E-state index in [2.05, 4.69) is 10.3 Å². The lowest BCUT2D eigenvalue weighted by molar-refractivity contribution is -0.118. The number of fused-ring (bicyclic) bond motifs is 1. The Morgan fingerprint density at radius 3 is 2.90 bits per heavy atom. The molecule has 21 heavy (non-hydrogen) atoms. The number of rotatable bonds is 3. The standard InChI is InChI=1S/C15H14N2O3S/c18-11-6-7-12-13(8-11)21-14(16-12)17-15(19)20-9-10-4-2-1-3-5-10/h1-5H,6-9H2,(H,16,17,19). The van der Waals surface area contributed by atoms with E-state index in [0.29, 0.717) is 24.4 Å². The Morgan fingerprint density at radius 2 is 2.10 bits per heavy atom. The molecule has 3 rings (SSSR count). The highest BCUT2D eigenvalue weighted by Crippen LogP contribution is 2.28. The van der Waals surface area contributed by atoms with Crippen LogP contribution in [0.1, 0.15) is 22.6 Å². The Bertz CT molecular complexity index is 667. The number of amides is 1. The van der Waals surface area contributed by atoms with E-state index in [-0.39, 0.29) is 12.4 Å². The lowest BCUT2D eigenvalue weighted by Gasteiger charge is -2.06. The van der Waals surface area contributed by atoms with Gasteiger partial charge in [0, 0.05) is 17.7 Å². The number of nitrogens with zero attached hydrogens (tertiary/aromatic N) is 1. The highest BCUT2D eigenvalue weighted by Gasteiger charge is 2.21. The van der Waals surface area contributed by atoms with Gasteiger partial charge in [0.1, 0.15) is 12.4 Å². The number of ether oxygens (including phenoxy) is 1. The number of nitrogens with one attached hydrogen (secondary N) is 1. The summed E-state index contributed by atoms with van der Waals surface area (Å²) in [6.07, 6.45) is 1.09. The number of hydrogen-bond acceptors (Lipinski definition) is 5.